The molecule has 4 nitrogen and oxygen atoms in total. The molecule has 1 aromatic carbocycles. The highest BCUT2D eigenvalue weighted by Gasteiger charge is 2.10. The molecule has 4 heteroatoms. The predicted octanol–water partition coefficient (Wildman–Crippen LogP) is 3.41. The van der Waals surface area contributed by atoms with Crippen LogP contribution < -0.4 is 0 Å². The Morgan fingerprint density at radius 3 is 2.95 bits per heavy atom. The van der Waals surface area contributed by atoms with Crippen molar-refractivity contribution in [1.29, 1.82) is 0 Å². The first kappa shape index (κ1) is 10.3. The van der Waals surface area contributed by atoms with Gasteiger partial charge in [-0.3, -0.25) is 0 Å². The number of hydrogen-bond donors (Lipinski definition) is 2. The van der Waals surface area contributed by atoms with Crippen LogP contribution in [0.15, 0.2) is 43.0 Å². The SMILES string of the molecule is Cc1cc2[nH]cnc2cc1-c1c[nH]c2ncccc12. The van der Waals surface area contributed by atoms with Crippen LogP contribution in [0.5, 0.6) is 0 Å². The van der Waals surface area contributed by atoms with Gasteiger partial charge in [0.25, 0.3) is 0 Å². The van der Waals surface area contributed by atoms with Crippen LogP contribution in [0, 0.1) is 6.92 Å². The van der Waals surface area contributed by atoms with E-state index < -0.39 is 0 Å². The van der Waals surface area contributed by atoms with Crippen molar-refractivity contribution in [3.63, 3.8) is 0 Å². The van der Waals surface area contributed by atoms with Crippen LogP contribution in [0.4, 0.5) is 0 Å². The number of aromatic nitrogens is 4. The van der Waals surface area contributed by atoms with Gasteiger partial charge in [0.15, 0.2) is 0 Å². The first-order chi connectivity index (χ1) is 9.33. The largest absolute Gasteiger partial charge is 0.346 e. The zero-order valence-corrected chi connectivity index (χ0v) is 10.4. The van der Waals surface area contributed by atoms with Crippen molar-refractivity contribution in [1.82, 2.24) is 19.9 Å². The van der Waals surface area contributed by atoms with Gasteiger partial charge in [0.2, 0.25) is 0 Å². The molecule has 0 aliphatic rings. The molecule has 4 aromatic rings. The Morgan fingerprint density at radius 2 is 2.00 bits per heavy atom. The minimum Gasteiger partial charge on any atom is -0.346 e. The van der Waals surface area contributed by atoms with E-state index in [0.29, 0.717) is 0 Å². The van der Waals surface area contributed by atoms with Crippen molar-refractivity contribution in [3.8, 4) is 11.1 Å². The zero-order valence-electron chi connectivity index (χ0n) is 10.4. The molecule has 0 aliphatic heterocycles. The molecule has 0 aliphatic carbocycles. The van der Waals surface area contributed by atoms with Crippen LogP contribution in [-0.4, -0.2) is 19.9 Å². The monoisotopic (exact) mass is 248 g/mol. The number of aromatic amines is 2. The third-order valence-corrected chi connectivity index (χ3v) is 3.51. The molecule has 0 spiro atoms. The summed E-state index contributed by atoms with van der Waals surface area (Å²) >= 11 is 0. The van der Waals surface area contributed by atoms with Gasteiger partial charge in [-0.1, -0.05) is 0 Å². The summed E-state index contributed by atoms with van der Waals surface area (Å²) in [5.41, 5.74) is 6.56. The zero-order chi connectivity index (χ0) is 12.8. The lowest BCUT2D eigenvalue weighted by Gasteiger charge is -2.04. The van der Waals surface area contributed by atoms with Gasteiger partial charge < -0.3 is 9.97 Å². The van der Waals surface area contributed by atoms with Gasteiger partial charge in [-0.15, -0.1) is 0 Å². The first-order valence-electron chi connectivity index (χ1n) is 6.19. The second-order valence-corrected chi connectivity index (χ2v) is 4.69. The van der Waals surface area contributed by atoms with Gasteiger partial charge in [-0.2, -0.15) is 0 Å². The van der Waals surface area contributed by atoms with E-state index in [2.05, 4.69) is 45.1 Å². The lowest BCUT2D eigenvalue weighted by atomic mass is 10.00. The van der Waals surface area contributed by atoms with E-state index in [1.807, 2.05) is 12.3 Å². The fourth-order valence-corrected chi connectivity index (χ4v) is 2.56. The fraction of sp³-hybridized carbons (Fsp3) is 0.0667. The maximum absolute atomic E-state index is 4.33. The number of aryl methyl sites for hydroxylation is 1. The van der Waals surface area contributed by atoms with Crippen LogP contribution in [0.1, 0.15) is 5.56 Å². The summed E-state index contributed by atoms with van der Waals surface area (Å²) in [7, 11) is 0. The molecule has 2 N–H and O–H groups in total. The summed E-state index contributed by atoms with van der Waals surface area (Å²) in [4.78, 5) is 15.0. The summed E-state index contributed by atoms with van der Waals surface area (Å²) in [5.74, 6) is 0. The van der Waals surface area contributed by atoms with Crippen LogP contribution in [0.25, 0.3) is 33.2 Å². The van der Waals surface area contributed by atoms with Crippen molar-refractivity contribution in [2.24, 2.45) is 0 Å². The van der Waals surface area contributed by atoms with E-state index >= 15 is 0 Å². The van der Waals surface area contributed by atoms with E-state index in [4.69, 9.17) is 0 Å². The summed E-state index contributed by atoms with van der Waals surface area (Å²) in [6.45, 7) is 2.12. The predicted molar refractivity (Wildman–Crippen MR) is 75.9 cm³/mol. The van der Waals surface area contributed by atoms with Gasteiger partial charge in [0.05, 0.1) is 17.4 Å². The van der Waals surface area contributed by atoms with Crippen molar-refractivity contribution in [2.75, 3.05) is 0 Å². The Labute approximate surface area is 109 Å². The Hall–Kier alpha value is -2.62. The Bertz CT molecular complexity index is 885. The van der Waals surface area contributed by atoms with E-state index in [0.717, 1.165) is 22.1 Å². The molecule has 0 radical (unpaired) electrons. The van der Waals surface area contributed by atoms with Gasteiger partial charge in [-0.25, -0.2) is 9.97 Å². The molecule has 92 valence electrons. The van der Waals surface area contributed by atoms with Crippen LogP contribution >= 0.6 is 0 Å². The number of nitrogens with zero attached hydrogens (tertiary/aromatic N) is 2. The minimum atomic E-state index is 0.916. The highest BCUT2D eigenvalue weighted by molar-refractivity contribution is 5.96. The van der Waals surface area contributed by atoms with Gasteiger partial charge in [0, 0.05) is 23.3 Å². The molecule has 3 heterocycles. The maximum atomic E-state index is 4.33. The number of benzene rings is 1. The summed E-state index contributed by atoms with van der Waals surface area (Å²) in [6.07, 6.45) is 5.54. The molecule has 0 atom stereocenters. The van der Waals surface area contributed by atoms with E-state index in [-0.39, 0.29) is 0 Å². The van der Waals surface area contributed by atoms with Crippen molar-refractivity contribution < 1.29 is 0 Å². The number of nitrogens with one attached hydrogen (secondary N) is 2. The summed E-state index contributed by atoms with van der Waals surface area (Å²) in [6, 6.07) is 8.30. The standard InChI is InChI=1S/C15H12N4/c1-9-5-13-14(19-8-18-13)6-11(9)12-7-17-15-10(12)3-2-4-16-15/h2-8H,1H3,(H,16,17)(H,18,19). The van der Waals surface area contributed by atoms with Crippen LogP contribution in [-0.2, 0) is 0 Å². The second kappa shape index (κ2) is 3.68. The highest BCUT2D eigenvalue weighted by Crippen LogP contribution is 2.31. The van der Waals surface area contributed by atoms with Gasteiger partial charge in [0.1, 0.15) is 5.65 Å². The highest BCUT2D eigenvalue weighted by atomic mass is 14.9. The normalized spacial score (nSPS) is 11.4. The number of rotatable bonds is 1. The summed E-state index contributed by atoms with van der Waals surface area (Å²) < 4.78 is 0. The van der Waals surface area contributed by atoms with Crippen molar-refractivity contribution >= 4 is 22.1 Å². The van der Waals surface area contributed by atoms with Crippen LogP contribution in [0.2, 0.25) is 0 Å². The molecule has 19 heavy (non-hydrogen) atoms. The number of H-pyrrole nitrogens is 2. The maximum Gasteiger partial charge on any atom is 0.137 e. The van der Waals surface area contributed by atoms with E-state index in [1.54, 1.807) is 12.5 Å². The molecule has 3 aromatic heterocycles. The van der Waals surface area contributed by atoms with Crippen molar-refractivity contribution in [2.45, 2.75) is 6.92 Å². The van der Waals surface area contributed by atoms with Crippen LogP contribution in [0.3, 0.4) is 0 Å². The van der Waals surface area contributed by atoms with Gasteiger partial charge in [-0.05, 0) is 42.3 Å². The fourth-order valence-electron chi connectivity index (χ4n) is 2.56. The lowest BCUT2D eigenvalue weighted by molar-refractivity contribution is 1.33. The van der Waals surface area contributed by atoms with Crippen molar-refractivity contribution in [3.05, 3.63) is 48.5 Å². The molecule has 0 saturated carbocycles. The van der Waals surface area contributed by atoms with E-state index in [9.17, 15) is 0 Å². The molecule has 0 bridgehead atoms. The average Bonchev–Trinajstić information content (AvgIpc) is 3.03. The number of hydrogen-bond acceptors (Lipinski definition) is 2. The average molecular weight is 248 g/mol. The molecular weight excluding hydrogens is 236 g/mol. The minimum absolute atomic E-state index is 0.916. The second-order valence-electron chi connectivity index (χ2n) is 4.69. The molecular formula is C15H12N4. The third-order valence-electron chi connectivity index (χ3n) is 3.51. The molecule has 0 unspecified atom stereocenters. The Balaban J connectivity index is 2.05. The number of pyridine rings is 1. The molecule has 4 rings (SSSR count). The number of imidazole rings is 1. The quantitative estimate of drug-likeness (QED) is 0.542. The first-order valence-corrected chi connectivity index (χ1v) is 6.19. The molecule has 0 saturated heterocycles. The number of fused-ring (bicyclic) bond motifs is 2. The Morgan fingerprint density at radius 1 is 1.05 bits per heavy atom. The molecule has 0 fully saturated rings. The lowest BCUT2D eigenvalue weighted by Crippen LogP contribution is -1.83. The summed E-state index contributed by atoms with van der Waals surface area (Å²) in [5, 5.41) is 1.14. The van der Waals surface area contributed by atoms with Gasteiger partial charge >= 0.3 is 0 Å². The Kier molecular flexibility index (Phi) is 2.00. The van der Waals surface area contributed by atoms with E-state index in [1.165, 1.54) is 16.7 Å². The third kappa shape index (κ3) is 1.46. The smallest absolute Gasteiger partial charge is 0.137 e. The topological polar surface area (TPSA) is 57.4 Å². The molecule has 0 amide bonds.